The van der Waals surface area contributed by atoms with Gasteiger partial charge in [-0.15, -0.1) is 0 Å². The van der Waals surface area contributed by atoms with Crippen LogP contribution in [0.4, 0.5) is 5.69 Å². The SMILES string of the molecule is COCC(N)C(=O)Nc1cnn(-c2ccccc2)c1C. The molecular formula is C14H18N4O2. The summed E-state index contributed by atoms with van der Waals surface area (Å²) in [5.41, 5.74) is 8.10. The molecule has 0 spiro atoms. The molecule has 0 saturated carbocycles. The number of carbonyl (C=O) groups is 1. The maximum Gasteiger partial charge on any atom is 0.243 e. The quantitative estimate of drug-likeness (QED) is 0.855. The van der Waals surface area contributed by atoms with E-state index in [9.17, 15) is 4.79 Å². The smallest absolute Gasteiger partial charge is 0.243 e. The molecule has 20 heavy (non-hydrogen) atoms. The summed E-state index contributed by atoms with van der Waals surface area (Å²) < 4.78 is 6.62. The Morgan fingerprint density at radius 1 is 1.45 bits per heavy atom. The Bertz CT molecular complexity index is 580. The van der Waals surface area contributed by atoms with Gasteiger partial charge < -0.3 is 15.8 Å². The monoisotopic (exact) mass is 274 g/mol. The first kappa shape index (κ1) is 14.2. The van der Waals surface area contributed by atoms with Gasteiger partial charge in [-0.25, -0.2) is 4.68 Å². The van der Waals surface area contributed by atoms with Crippen molar-refractivity contribution in [2.75, 3.05) is 19.0 Å². The van der Waals surface area contributed by atoms with Gasteiger partial charge in [0, 0.05) is 7.11 Å². The Labute approximate surface area is 117 Å². The second kappa shape index (κ2) is 6.31. The number of hydrogen-bond donors (Lipinski definition) is 2. The van der Waals surface area contributed by atoms with E-state index in [1.54, 1.807) is 10.9 Å². The number of nitrogens with two attached hydrogens (primary N) is 1. The summed E-state index contributed by atoms with van der Waals surface area (Å²) in [6.45, 7) is 2.06. The number of methoxy groups -OCH3 is 1. The molecule has 1 atom stereocenters. The van der Waals surface area contributed by atoms with Crippen LogP contribution >= 0.6 is 0 Å². The van der Waals surface area contributed by atoms with E-state index in [1.165, 1.54) is 7.11 Å². The lowest BCUT2D eigenvalue weighted by Gasteiger charge is -2.11. The molecule has 106 valence electrons. The molecule has 3 N–H and O–H groups in total. The molecule has 2 aromatic rings. The van der Waals surface area contributed by atoms with Crippen molar-refractivity contribution in [1.82, 2.24) is 9.78 Å². The first-order chi connectivity index (χ1) is 9.63. The second-order valence-corrected chi connectivity index (χ2v) is 4.44. The summed E-state index contributed by atoms with van der Waals surface area (Å²) in [5, 5.41) is 7.03. The minimum Gasteiger partial charge on any atom is -0.383 e. The first-order valence-corrected chi connectivity index (χ1v) is 6.29. The summed E-state index contributed by atoms with van der Waals surface area (Å²) >= 11 is 0. The number of para-hydroxylation sites is 1. The van der Waals surface area contributed by atoms with Gasteiger partial charge in [0.05, 0.1) is 29.9 Å². The normalized spacial score (nSPS) is 12.2. The van der Waals surface area contributed by atoms with Crippen molar-refractivity contribution in [2.24, 2.45) is 5.73 Å². The molecule has 1 unspecified atom stereocenters. The summed E-state index contributed by atoms with van der Waals surface area (Å²) in [4.78, 5) is 11.8. The number of amides is 1. The molecule has 0 aliphatic carbocycles. The van der Waals surface area contributed by atoms with Crippen LogP contribution in [0, 0.1) is 6.92 Å². The van der Waals surface area contributed by atoms with Crippen LogP contribution < -0.4 is 11.1 Å². The predicted octanol–water partition coefficient (Wildman–Crippen LogP) is 1.09. The van der Waals surface area contributed by atoms with Crippen molar-refractivity contribution >= 4 is 11.6 Å². The Balaban J connectivity index is 2.16. The van der Waals surface area contributed by atoms with Crippen molar-refractivity contribution in [2.45, 2.75) is 13.0 Å². The molecule has 0 fully saturated rings. The fraction of sp³-hybridized carbons (Fsp3) is 0.286. The van der Waals surface area contributed by atoms with Crippen LogP contribution in [-0.4, -0.2) is 35.4 Å². The van der Waals surface area contributed by atoms with Crippen molar-refractivity contribution in [3.63, 3.8) is 0 Å². The average Bonchev–Trinajstić information content (AvgIpc) is 2.81. The zero-order valence-corrected chi connectivity index (χ0v) is 11.5. The van der Waals surface area contributed by atoms with E-state index in [0.717, 1.165) is 11.4 Å². The van der Waals surface area contributed by atoms with E-state index in [1.807, 2.05) is 37.3 Å². The van der Waals surface area contributed by atoms with E-state index >= 15 is 0 Å². The molecule has 2 rings (SSSR count). The third-order valence-corrected chi connectivity index (χ3v) is 2.95. The fourth-order valence-electron chi connectivity index (χ4n) is 1.84. The number of hydrogen-bond acceptors (Lipinski definition) is 4. The molecule has 1 aromatic carbocycles. The van der Waals surface area contributed by atoms with Gasteiger partial charge in [0.25, 0.3) is 0 Å². The number of ether oxygens (including phenoxy) is 1. The molecule has 0 aliphatic rings. The summed E-state index contributed by atoms with van der Waals surface area (Å²) in [5.74, 6) is -0.289. The van der Waals surface area contributed by atoms with Gasteiger partial charge in [-0.1, -0.05) is 18.2 Å². The topological polar surface area (TPSA) is 82.2 Å². The number of carbonyl (C=O) groups excluding carboxylic acids is 1. The van der Waals surface area contributed by atoms with Crippen LogP contribution in [0.25, 0.3) is 5.69 Å². The molecule has 0 saturated heterocycles. The van der Waals surface area contributed by atoms with Gasteiger partial charge in [-0.05, 0) is 19.1 Å². The Morgan fingerprint density at radius 3 is 2.80 bits per heavy atom. The van der Waals surface area contributed by atoms with E-state index in [2.05, 4.69) is 10.4 Å². The second-order valence-electron chi connectivity index (χ2n) is 4.44. The zero-order chi connectivity index (χ0) is 14.5. The van der Waals surface area contributed by atoms with Crippen LogP contribution in [0.3, 0.4) is 0 Å². The third kappa shape index (κ3) is 3.04. The standard InChI is InChI=1S/C14H18N4O2/c1-10-13(17-14(19)12(15)9-20-2)8-16-18(10)11-6-4-3-5-7-11/h3-8,12H,9,15H2,1-2H3,(H,17,19). The maximum absolute atomic E-state index is 11.8. The van der Waals surface area contributed by atoms with E-state index in [4.69, 9.17) is 10.5 Å². The Morgan fingerprint density at radius 2 is 2.15 bits per heavy atom. The molecule has 0 bridgehead atoms. The van der Waals surface area contributed by atoms with Crippen LogP contribution in [-0.2, 0) is 9.53 Å². The van der Waals surface area contributed by atoms with Crippen LogP contribution in [0.2, 0.25) is 0 Å². The van der Waals surface area contributed by atoms with E-state index in [0.29, 0.717) is 5.69 Å². The molecule has 6 heteroatoms. The number of anilines is 1. The summed E-state index contributed by atoms with van der Waals surface area (Å²) in [6.07, 6.45) is 1.61. The highest BCUT2D eigenvalue weighted by Gasteiger charge is 2.16. The van der Waals surface area contributed by atoms with Crippen LogP contribution in [0.15, 0.2) is 36.5 Å². The van der Waals surface area contributed by atoms with Gasteiger partial charge >= 0.3 is 0 Å². The van der Waals surface area contributed by atoms with Crippen LogP contribution in [0.1, 0.15) is 5.69 Å². The highest BCUT2D eigenvalue weighted by Crippen LogP contribution is 2.18. The molecular weight excluding hydrogens is 256 g/mol. The third-order valence-electron chi connectivity index (χ3n) is 2.95. The summed E-state index contributed by atoms with van der Waals surface area (Å²) in [7, 11) is 1.51. The summed E-state index contributed by atoms with van der Waals surface area (Å²) in [6, 6.07) is 9.01. The highest BCUT2D eigenvalue weighted by atomic mass is 16.5. The van der Waals surface area contributed by atoms with E-state index in [-0.39, 0.29) is 12.5 Å². The lowest BCUT2D eigenvalue weighted by Crippen LogP contribution is -2.39. The molecule has 1 heterocycles. The van der Waals surface area contributed by atoms with Crippen molar-refractivity contribution in [3.05, 3.63) is 42.2 Å². The number of benzene rings is 1. The van der Waals surface area contributed by atoms with Crippen molar-refractivity contribution < 1.29 is 9.53 Å². The lowest BCUT2D eigenvalue weighted by atomic mass is 10.3. The molecule has 1 amide bonds. The Hall–Kier alpha value is -2.18. The van der Waals surface area contributed by atoms with Gasteiger partial charge in [0.1, 0.15) is 6.04 Å². The lowest BCUT2D eigenvalue weighted by molar-refractivity contribution is -0.118. The fourth-order valence-corrected chi connectivity index (χ4v) is 1.84. The van der Waals surface area contributed by atoms with Crippen molar-refractivity contribution in [1.29, 1.82) is 0 Å². The van der Waals surface area contributed by atoms with Gasteiger partial charge in [-0.3, -0.25) is 4.79 Å². The molecule has 6 nitrogen and oxygen atoms in total. The van der Waals surface area contributed by atoms with E-state index < -0.39 is 6.04 Å². The number of rotatable bonds is 5. The minimum absolute atomic E-state index is 0.178. The van der Waals surface area contributed by atoms with Crippen molar-refractivity contribution in [3.8, 4) is 5.69 Å². The molecule has 0 radical (unpaired) electrons. The predicted molar refractivity (Wildman–Crippen MR) is 76.8 cm³/mol. The first-order valence-electron chi connectivity index (χ1n) is 6.29. The maximum atomic E-state index is 11.8. The number of nitrogens with zero attached hydrogens (tertiary/aromatic N) is 2. The highest BCUT2D eigenvalue weighted by molar-refractivity contribution is 5.95. The molecule has 0 aliphatic heterocycles. The van der Waals surface area contributed by atoms with Gasteiger partial charge in [0.15, 0.2) is 0 Å². The van der Waals surface area contributed by atoms with Gasteiger partial charge in [0.2, 0.25) is 5.91 Å². The Kier molecular flexibility index (Phi) is 4.49. The zero-order valence-electron chi connectivity index (χ0n) is 11.5. The largest absolute Gasteiger partial charge is 0.383 e. The van der Waals surface area contributed by atoms with Crippen LogP contribution in [0.5, 0.6) is 0 Å². The number of nitrogens with one attached hydrogen (secondary N) is 1. The molecule has 1 aromatic heterocycles. The van der Waals surface area contributed by atoms with Gasteiger partial charge in [-0.2, -0.15) is 5.10 Å². The minimum atomic E-state index is -0.695. The average molecular weight is 274 g/mol. The number of aromatic nitrogens is 2.